The van der Waals surface area contributed by atoms with E-state index in [-0.39, 0.29) is 31.4 Å². The molecule has 106 valence electrons. The van der Waals surface area contributed by atoms with E-state index < -0.39 is 0 Å². The van der Waals surface area contributed by atoms with Crippen molar-refractivity contribution in [2.45, 2.75) is 20.1 Å². The number of carbonyl (C=O) groups excluding carboxylic acids is 1. The summed E-state index contributed by atoms with van der Waals surface area (Å²) >= 11 is 0. The quantitative estimate of drug-likeness (QED) is 0.508. The van der Waals surface area contributed by atoms with Gasteiger partial charge in [-0.1, -0.05) is 0 Å². The van der Waals surface area contributed by atoms with Crippen molar-refractivity contribution in [3.8, 4) is 5.75 Å². The Kier molecular flexibility index (Phi) is 5.68. The topological polar surface area (TPSA) is 97.7 Å². The normalized spacial score (nSPS) is 10.8. The van der Waals surface area contributed by atoms with Crippen LogP contribution < -0.4 is 10.9 Å². The summed E-state index contributed by atoms with van der Waals surface area (Å²) in [5.41, 5.74) is 6.77. The Bertz CT molecular complexity index is 449. The highest BCUT2D eigenvalue weighted by atomic mass is 16.3. The Morgan fingerprint density at radius 2 is 2.16 bits per heavy atom. The zero-order chi connectivity index (χ0) is 14.4. The molecule has 1 heterocycles. The maximum atomic E-state index is 11.4. The highest BCUT2D eigenvalue weighted by Crippen LogP contribution is 2.23. The fourth-order valence-corrected chi connectivity index (χ4v) is 1.58. The molecule has 0 atom stereocenters. The van der Waals surface area contributed by atoms with Crippen molar-refractivity contribution in [1.82, 2.24) is 20.7 Å². The Morgan fingerprint density at radius 3 is 2.74 bits per heavy atom. The first-order valence-corrected chi connectivity index (χ1v) is 5.89. The number of carbonyl (C=O) groups is 1. The molecule has 1 aromatic rings. The SMILES string of the molecule is Cc1ncc(CO)c(CNNC(=O)CN(C)C)c1O. The monoisotopic (exact) mass is 268 g/mol. The first-order chi connectivity index (χ1) is 8.95. The minimum absolute atomic E-state index is 0.0286. The van der Waals surface area contributed by atoms with Crippen molar-refractivity contribution in [2.24, 2.45) is 0 Å². The van der Waals surface area contributed by atoms with Crippen molar-refractivity contribution in [2.75, 3.05) is 20.6 Å². The van der Waals surface area contributed by atoms with Gasteiger partial charge in [-0.3, -0.25) is 15.2 Å². The molecule has 0 aliphatic carbocycles. The van der Waals surface area contributed by atoms with Crippen LogP contribution in [0.1, 0.15) is 16.8 Å². The summed E-state index contributed by atoms with van der Waals surface area (Å²) in [6.45, 7) is 1.93. The molecular weight excluding hydrogens is 248 g/mol. The molecule has 0 fully saturated rings. The van der Waals surface area contributed by atoms with Gasteiger partial charge in [0.05, 0.1) is 18.8 Å². The number of nitrogens with zero attached hydrogens (tertiary/aromatic N) is 2. The van der Waals surface area contributed by atoms with Crippen LogP contribution in [0, 0.1) is 6.92 Å². The molecule has 19 heavy (non-hydrogen) atoms. The second-order valence-electron chi connectivity index (χ2n) is 4.49. The number of aromatic nitrogens is 1. The van der Waals surface area contributed by atoms with Gasteiger partial charge in [0.15, 0.2) is 0 Å². The highest BCUT2D eigenvalue weighted by molar-refractivity contribution is 5.77. The third kappa shape index (κ3) is 4.47. The van der Waals surface area contributed by atoms with Crippen LogP contribution in [-0.2, 0) is 17.9 Å². The van der Waals surface area contributed by atoms with Crippen molar-refractivity contribution in [3.05, 3.63) is 23.0 Å². The molecule has 0 saturated heterocycles. The number of likely N-dealkylation sites (N-methyl/N-ethyl adjacent to an activating group) is 1. The Hall–Kier alpha value is -1.70. The molecule has 0 bridgehead atoms. The van der Waals surface area contributed by atoms with E-state index in [9.17, 15) is 15.0 Å². The lowest BCUT2D eigenvalue weighted by atomic mass is 10.1. The zero-order valence-corrected chi connectivity index (χ0v) is 11.4. The van der Waals surface area contributed by atoms with Crippen LogP contribution in [0.25, 0.3) is 0 Å². The summed E-state index contributed by atoms with van der Waals surface area (Å²) in [5.74, 6) is -0.151. The van der Waals surface area contributed by atoms with Gasteiger partial charge in [0, 0.05) is 23.9 Å². The average molecular weight is 268 g/mol. The Balaban J connectivity index is 2.62. The van der Waals surface area contributed by atoms with Gasteiger partial charge >= 0.3 is 0 Å². The van der Waals surface area contributed by atoms with Crippen LogP contribution in [0.4, 0.5) is 0 Å². The molecule has 0 radical (unpaired) electrons. The summed E-state index contributed by atoms with van der Waals surface area (Å²) < 4.78 is 0. The fraction of sp³-hybridized carbons (Fsp3) is 0.500. The van der Waals surface area contributed by atoms with Crippen molar-refractivity contribution < 1.29 is 15.0 Å². The number of amides is 1. The van der Waals surface area contributed by atoms with Crippen molar-refractivity contribution in [1.29, 1.82) is 0 Å². The summed E-state index contributed by atoms with van der Waals surface area (Å²) in [4.78, 5) is 17.1. The van der Waals surface area contributed by atoms with Crippen LogP contribution in [-0.4, -0.2) is 46.6 Å². The number of hydrogen-bond acceptors (Lipinski definition) is 6. The van der Waals surface area contributed by atoms with Crippen LogP contribution in [0.3, 0.4) is 0 Å². The molecule has 0 saturated carbocycles. The molecule has 0 spiro atoms. The molecule has 7 nitrogen and oxygen atoms in total. The molecule has 0 aromatic carbocycles. The summed E-state index contributed by atoms with van der Waals surface area (Å²) in [5, 5.41) is 19.1. The van der Waals surface area contributed by atoms with Gasteiger partial charge in [0.2, 0.25) is 5.91 Å². The molecule has 0 aliphatic rings. The van der Waals surface area contributed by atoms with E-state index in [1.54, 1.807) is 25.9 Å². The van der Waals surface area contributed by atoms with E-state index in [4.69, 9.17) is 0 Å². The lowest BCUT2D eigenvalue weighted by Crippen LogP contribution is -2.41. The van der Waals surface area contributed by atoms with Crippen LogP contribution >= 0.6 is 0 Å². The minimum Gasteiger partial charge on any atom is -0.506 e. The van der Waals surface area contributed by atoms with E-state index in [0.717, 1.165) is 0 Å². The van der Waals surface area contributed by atoms with Gasteiger partial charge in [0.1, 0.15) is 5.75 Å². The predicted molar refractivity (Wildman–Crippen MR) is 70.1 cm³/mol. The Labute approximate surface area is 112 Å². The van der Waals surface area contributed by atoms with Gasteiger partial charge < -0.3 is 15.1 Å². The standard InChI is InChI=1S/C12H20N4O3/c1-8-12(19)10(9(7-17)4-13-8)5-14-15-11(18)6-16(2)3/h4,14,17,19H,5-7H2,1-3H3,(H,15,18). The molecule has 7 heteroatoms. The lowest BCUT2D eigenvalue weighted by Gasteiger charge is -2.14. The summed E-state index contributed by atoms with van der Waals surface area (Å²) in [7, 11) is 3.59. The maximum absolute atomic E-state index is 11.4. The molecule has 1 amide bonds. The van der Waals surface area contributed by atoms with E-state index in [1.165, 1.54) is 6.20 Å². The largest absolute Gasteiger partial charge is 0.506 e. The van der Waals surface area contributed by atoms with Crippen molar-refractivity contribution >= 4 is 5.91 Å². The number of aromatic hydroxyl groups is 1. The second kappa shape index (κ2) is 7.03. The van der Waals surface area contributed by atoms with Crippen LogP contribution in [0.2, 0.25) is 0 Å². The maximum Gasteiger partial charge on any atom is 0.248 e. The molecule has 0 unspecified atom stereocenters. The molecule has 4 N–H and O–H groups in total. The smallest absolute Gasteiger partial charge is 0.248 e. The second-order valence-corrected chi connectivity index (χ2v) is 4.49. The Morgan fingerprint density at radius 1 is 1.47 bits per heavy atom. The van der Waals surface area contributed by atoms with Gasteiger partial charge in [-0.05, 0) is 21.0 Å². The van der Waals surface area contributed by atoms with Crippen molar-refractivity contribution in [3.63, 3.8) is 0 Å². The van der Waals surface area contributed by atoms with Gasteiger partial charge in [-0.2, -0.15) is 0 Å². The number of hydrazine groups is 1. The number of hydrogen-bond donors (Lipinski definition) is 4. The zero-order valence-electron chi connectivity index (χ0n) is 11.4. The van der Waals surface area contributed by atoms with Gasteiger partial charge in [-0.25, -0.2) is 5.43 Å². The average Bonchev–Trinajstić information content (AvgIpc) is 2.34. The van der Waals surface area contributed by atoms with E-state index in [2.05, 4.69) is 15.8 Å². The number of aliphatic hydroxyl groups excluding tert-OH is 1. The predicted octanol–water partition coefficient (Wildman–Crippen LogP) is -0.730. The summed E-state index contributed by atoms with van der Waals surface area (Å²) in [6.07, 6.45) is 1.51. The van der Waals surface area contributed by atoms with Crippen LogP contribution in [0.5, 0.6) is 5.75 Å². The summed E-state index contributed by atoms with van der Waals surface area (Å²) in [6, 6.07) is 0. The first kappa shape index (κ1) is 15.4. The molecule has 1 rings (SSSR count). The minimum atomic E-state index is -0.219. The molecular formula is C12H20N4O3. The highest BCUT2D eigenvalue weighted by Gasteiger charge is 2.11. The van der Waals surface area contributed by atoms with E-state index >= 15 is 0 Å². The van der Waals surface area contributed by atoms with E-state index in [0.29, 0.717) is 16.8 Å². The van der Waals surface area contributed by atoms with E-state index in [1.807, 2.05) is 0 Å². The number of rotatable bonds is 6. The number of nitrogens with one attached hydrogen (secondary N) is 2. The third-order valence-electron chi connectivity index (χ3n) is 2.55. The number of aryl methyl sites for hydroxylation is 1. The third-order valence-corrected chi connectivity index (χ3v) is 2.55. The van der Waals surface area contributed by atoms with Gasteiger partial charge in [0.25, 0.3) is 0 Å². The molecule has 1 aromatic heterocycles. The lowest BCUT2D eigenvalue weighted by molar-refractivity contribution is -0.122. The first-order valence-electron chi connectivity index (χ1n) is 5.89. The number of aliphatic hydroxyl groups is 1. The number of pyridine rings is 1. The van der Waals surface area contributed by atoms with Gasteiger partial charge in [-0.15, -0.1) is 0 Å². The molecule has 0 aliphatic heterocycles. The van der Waals surface area contributed by atoms with Crippen LogP contribution in [0.15, 0.2) is 6.20 Å². The fourth-order valence-electron chi connectivity index (χ4n) is 1.58.